The first-order valence-electron chi connectivity index (χ1n) is 10.1. The summed E-state index contributed by atoms with van der Waals surface area (Å²) in [5, 5.41) is 14.2. The monoisotopic (exact) mass is 460 g/mol. The first kappa shape index (κ1) is 22.3. The van der Waals surface area contributed by atoms with Gasteiger partial charge in [0, 0.05) is 29.1 Å². The van der Waals surface area contributed by atoms with Gasteiger partial charge in [0.2, 0.25) is 0 Å². The molecule has 10 nitrogen and oxygen atoms in total. The summed E-state index contributed by atoms with van der Waals surface area (Å²) in [5.74, 6) is -0.209. The van der Waals surface area contributed by atoms with E-state index in [1.807, 2.05) is 0 Å². The number of non-ortho nitro benzene ring substituents is 1. The van der Waals surface area contributed by atoms with Gasteiger partial charge in [-0.1, -0.05) is 18.2 Å². The Balaban J connectivity index is 1.78. The highest BCUT2D eigenvalue weighted by Crippen LogP contribution is 2.33. The van der Waals surface area contributed by atoms with Crippen LogP contribution in [-0.2, 0) is 0 Å². The predicted molar refractivity (Wildman–Crippen MR) is 127 cm³/mol. The van der Waals surface area contributed by atoms with E-state index in [-0.39, 0.29) is 22.6 Å². The van der Waals surface area contributed by atoms with E-state index in [1.165, 1.54) is 43.1 Å². The maximum absolute atomic E-state index is 13.3. The second-order valence-electron chi connectivity index (χ2n) is 7.24. The van der Waals surface area contributed by atoms with Gasteiger partial charge in [0.15, 0.2) is 0 Å². The summed E-state index contributed by atoms with van der Waals surface area (Å²) in [6.45, 7) is 0. The molecule has 0 radical (unpaired) electrons. The van der Waals surface area contributed by atoms with Gasteiger partial charge in [0.1, 0.15) is 17.3 Å². The molecule has 172 valence electrons. The van der Waals surface area contributed by atoms with E-state index < -0.39 is 16.7 Å². The molecule has 1 heterocycles. The van der Waals surface area contributed by atoms with Crippen LogP contribution in [0.1, 0.15) is 20.7 Å². The average molecular weight is 460 g/mol. The van der Waals surface area contributed by atoms with E-state index in [1.54, 1.807) is 42.5 Å². The molecule has 34 heavy (non-hydrogen) atoms. The number of nitro benzene ring substituents is 1. The standard InChI is InChI=1S/C24H20N4O6/c1-33-16-11-12-20(34-2)18(13-16)26-23(29)21-17-5-3-4-6-19(17)27(22(21)25)24(30)14-7-9-15(10-8-14)28(31)32/h3-13H,25H2,1-2H3,(H,26,29). The number of nitrogens with one attached hydrogen (secondary N) is 1. The number of fused-ring (bicyclic) bond motifs is 1. The van der Waals surface area contributed by atoms with Crippen molar-refractivity contribution in [3.8, 4) is 11.5 Å². The lowest BCUT2D eigenvalue weighted by molar-refractivity contribution is -0.384. The largest absolute Gasteiger partial charge is 0.497 e. The van der Waals surface area contributed by atoms with Crippen molar-refractivity contribution in [1.82, 2.24) is 4.57 Å². The van der Waals surface area contributed by atoms with Crippen molar-refractivity contribution in [3.63, 3.8) is 0 Å². The highest BCUT2D eigenvalue weighted by Gasteiger charge is 2.25. The number of carbonyl (C=O) groups is 2. The molecule has 3 N–H and O–H groups in total. The van der Waals surface area contributed by atoms with Crippen molar-refractivity contribution < 1.29 is 24.0 Å². The average Bonchev–Trinajstić information content (AvgIpc) is 3.15. The summed E-state index contributed by atoms with van der Waals surface area (Å²) in [7, 11) is 2.98. The number of benzene rings is 3. The van der Waals surface area contributed by atoms with Gasteiger partial charge >= 0.3 is 0 Å². The zero-order valence-corrected chi connectivity index (χ0v) is 18.3. The van der Waals surface area contributed by atoms with Gasteiger partial charge in [-0.2, -0.15) is 0 Å². The Morgan fingerprint density at radius 2 is 1.71 bits per heavy atom. The van der Waals surface area contributed by atoms with Crippen molar-refractivity contribution in [3.05, 3.63) is 88.0 Å². The van der Waals surface area contributed by atoms with Crippen LogP contribution in [0.5, 0.6) is 11.5 Å². The van der Waals surface area contributed by atoms with Gasteiger partial charge in [-0.05, 0) is 30.3 Å². The van der Waals surface area contributed by atoms with Gasteiger partial charge < -0.3 is 20.5 Å². The van der Waals surface area contributed by atoms with Crippen LogP contribution in [-0.4, -0.2) is 35.5 Å². The normalized spacial score (nSPS) is 10.6. The molecule has 0 unspecified atom stereocenters. The lowest BCUT2D eigenvalue weighted by Crippen LogP contribution is -2.18. The first-order chi connectivity index (χ1) is 16.3. The number of methoxy groups -OCH3 is 2. The quantitative estimate of drug-likeness (QED) is 0.326. The van der Waals surface area contributed by atoms with E-state index in [9.17, 15) is 19.7 Å². The number of amides is 1. The Kier molecular flexibility index (Phi) is 5.88. The molecule has 4 rings (SSSR count). The summed E-state index contributed by atoms with van der Waals surface area (Å²) in [6.07, 6.45) is 0. The van der Waals surface area contributed by atoms with Crippen molar-refractivity contribution in [2.75, 3.05) is 25.3 Å². The summed E-state index contributed by atoms with van der Waals surface area (Å²) in [5.41, 5.74) is 7.26. The molecule has 0 saturated heterocycles. The van der Waals surface area contributed by atoms with Crippen LogP contribution >= 0.6 is 0 Å². The summed E-state index contributed by atoms with van der Waals surface area (Å²) < 4.78 is 11.8. The molecule has 0 fully saturated rings. The molecule has 4 aromatic rings. The molecule has 0 aliphatic heterocycles. The minimum absolute atomic E-state index is 0.0658. The van der Waals surface area contributed by atoms with Crippen LogP contribution in [0.15, 0.2) is 66.7 Å². The lowest BCUT2D eigenvalue weighted by Gasteiger charge is -2.12. The number of ether oxygens (including phenoxy) is 2. The maximum atomic E-state index is 13.3. The van der Waals surface area contributed by atoms with E-state index in [2.05, 4.69) is 5.32 Å². The number of nitrogens with zero attached hydrogens (tertiary/aromatic N) is 2. The van der Waals surface area contributed by atoms with Gasteiger partial charge in [0.05, 0.1) is 35.9 Å². The number of nitrogens with two attached hydrogens (primary N) is 1. The van der Waals surface area contributed by atoms with Crippen molar-refractivity contribution >= 4 is 39.9 Å². The number of hydrogen-bond acceptors (Lipinski definition) is 7. The zero-order valence-electron chi connectivity index (χ0n) is 18.3. The number of nitrogen functional groups attached to an aromatic ring is 1. The Bertz CT molecular complexity index is 1430. The van der Waals surface area contributed by atoms with Gasteiger partial charge in [-0.3, -0.25) is 24.3 Å². The molecule has 10 heteroatoms. The van der Waals surface area contributed by atoms with Crippen LogP contribution < -0.4 is 20.5 Å². The van der Waals surface area contributed by atoms with Crippen LogP contribution in [0.4, 0.5) is 17.2 Å². The molecular weight excluding hydrogens is 440 g/mol. The number of hydrogen-bond donors (Lipinski definition) is 2. The third-order valence-electron chi connectivity index (χ3n) is 5.32. The fraction of sp³-hybridized carbons (Fsp3) is 0.0833. The Labute approximate surface area is 193 Å². The van der Waals surface area contributed by atoms with Crippen LogP contribution in [0, 0.1) is 10.1 Å². The van der Waals surface area contributed by atoms with Gasteiger partial charge in [-0.15, -0.1) is 0 Å². The first-order valence-corrected chi connectivity index (χ1v) is 10.1. The van der Waals surface area contributed by atoms with E-state index in [0.29, 0.717) is 28.1 Å². The van der Waals surface area contributed by atoms with Crippen LogP contribution in [0.2, 0.25) is 0 Å². The summed E-state index contributed by atoms with van der Waals surface area (Å²) in [4.78, 5) is 37.0. The van der Waals surface area contributed by atoms with Crippen molar-refractivity contribution in [2.24, 2.45) is 0 Å². The predicted octanol–water partition coefficient (Wildman–Crippen LogP) is 4.09. The molecular formula is C24H20N4O6. The van der Waals surface area contributed by atoms with E-state index in [4.69, 9.17) is 15.2 Å². The zero-order chi connectivity index (χ0) is 24.4. The number of para-hydroxylation sites is 1. The summed E-state index contributed by atoms with van der Waals surface area (Å²) in [6, 6.07) is 16.9. The van der Waals surface area contributed by atoms with Crippen LogP contribution in [0.3, 0.4) is 0 Å². The number of nitro groups is 1. The second kappa shape index (κ2) is 8.94. The number of aromatic nitrogens is 1. The third-order valence-corrected chi connectivity index (χ3v) is 5.32. The fourth-order valence-corrected chi connectivity index (χ4v) is 3.67. The van der Waals surface area contributed by atoms with Gasteiger partial charge in [-0.25, -0.2) is 0 Å². The van der Waals surface area contributed by atoms with Crippen molar-refractivity contribution in [1.29, 1.82) is 0 Å². The smallest absolute Gasteiger partial charge is 0.269 e. The third kappa shape index (κ3) is 3.88. The topological polar surface area (TPSA) is 139 Å². The van der Waals surface area contributed by atoms with E-state index >= 15 is 0 Å². The summed E-state index contributed by atoms with van der Waals surface area (Å²) >= 11 is 0. The minimum Gasteiger partial charge on any atom is -0.497 e. The number of anilines is 2. The molecule has 1 aromatic heterocycles. The second-order valence-corrected chi connectivity index (χ2v) is 7.24. The molecule has 0 spiro atoms. The van der Waals surface area contributed by atoms with Crippen LogP contribution in [0.25, 0.3) is 10.9 Å². The molecule has 1 amide bonds. The molecule has 0 saturated carbocycles. The highest BCUT2D eigenvalue weighted by molar-refractivity contribution is 6.20. The molecule has 3 aromatic carbocycles. The molecule has 0 bridgehead atoms. The Morgan fingerprint density at radius 3 is 2.35 bits per heavy atom. The fourth-order valence-electron chi connectivity index (χ4n) is 3.67. The Hall–Kier alpha value is -4.86. The Morgan fingerprint density at radius 1 is 1.00 bits per heavy atom. The van der Waals surface area contributed by atoms with E-state index in [0.717, 1.165) is 0 Å². The highest BCUT2D eigenvalue weighted by atomic mass is 16.6. The van der Waals surface area contributed by atoms with Gasteiger partial charge in [0.25, 0.3) is 17.5 Å². The number of carbonyl (C=O) groups excluding carboxylic acids is 2. The lowest BCUT2D eigenvalue weighted by atomic mass is 10.1. The minimum atomic E-state index is -0.553. The maximum Gasteiger partial charge on any atom is 0.269 e. The molecule has 0 atom stereocenters. The molecule has 0 aliphatic rings. The SMILES string of the molecule is COc1ccc(OC)c(NC(=O)c2c(N)n(C(=O)c3ccc([N+](=O)[O-])cc3)c3ccccc23)c1. The van der Waals surface area contributed by atoms with Crippen molar-refractivity contribution in [2.45, 2.75) is 0 Å². The number of rotatable bonds is 6. The molecule has 0 aliphatic carbocycles.